The molecule has 0 bridgehead atoms. The second-order valence-electron chi connectivity index (χ2n) is 5.81. The molecule has 21 heavy (non-hydrogen) atoms. The van der Waals surface area contributed by atoms with Crippen LogP contribution in [0.3, 0.4) is 0 Å². The zero-order valence-electron chi connectivity index (χ0n) is 12.5. The number of thiophene rings is 1. The Labute approximate surface area is 139 Å². The van der Waals surface area contributed by atoms with Crippen molar-refractivity contribution in [2.24, 2.45) is 5.92 Å². The molecule has 1 aliphatic rings. The van der Waals surface area contributed by atoms with Crippen LogP contribution in [0.1, 0.15) is 43.9 Å². The lowest BCUT2D eigenvalue weighted by atomic mass is 10.0. The van der Waals surface area contributed by atoms with Crippen LogP contribution in [0.25, 0.3) is 0 Å². The molecule has 1 heterocycles. The fourth-order valence-electron chi connectivity index (χ4n) is 2.73. The Morgan fingerprint density at radius 2 is 2.10 bits per heavy atom. The van der Waals surface area contributed by atoms with Crippen LogP contribution in [0, 0.1) is 5.92 Å². The van der Waals surface area contributed by atoms with E-state index >= 15 is 0 Å². The molecule has 1 fully saturated rings. The molecular formula is C14H23BrN2O2S2. The van der Waals surface area contributed by atoms with Crippen molar-refractivity contribution in [2.45, 2.75) is 56.5 Å². The Morgan fingerprint density at radius 3 is 2.81 bits per heavy atom. The van der Waals surface area contributed by atoms with Crippen molar-refractivity contribution in [3.05, 3.63) is 14.7 Å². The molecule has 7 heteroatoms. The summed E-state index contributed by atoms with van der Waals surface area (Å²) in [5, 5.41) is 3.04. The van der Waals surface area contributed by atoms with Gasteiger partial charge in [-0.3, -0.25) is 0 Å². The third kappa shape index (κ3) is 4.76. The number of rotatable bonds is 5. The highest BCUT2D eigenvalue weighted by Gasteiger charge is 2.25. The second kappa shape index (κ2) is 7.55. The lowest BCUT2D eigenvalue weighted by molar-refractivity contribution is 0.484. The smallest absolute Gasteiger partial charge is 0.242 e. The lowest BCUT2D eigenvalue weighted by Crippen LogP contribution is -2.34. The van der Waals surface area contributed by atoms with E-state index in [1.165, 1.54) is 17.8 Å². The van der Waals surface area contributed by atoms with Gasteiger partial charge in [-0.25, -0.2) is 13.1 Å². The van der Waals surface area contributed by atoms with Crippen molar-refractivity contribution in [1.29, 1.82) is 0 Å². The standard InChI is InChI=1S/C14H23BrN2O2S2/c1-10-4-3-5-11(7-6-10)17-21(18,19)13-8-12(9-16-2)20-14(13)15/h8,10-11,16-17H,3-7,9H2,1-2H3. The highest BCUT2D eigenvalue weighted by Crippen LogP contribution is 2.32. The molecule has 0 amide bonds. The molecule has 0 spiro atoms. The van der Waals surface area contributed by atoms with Gasteiger partial charge >= 0.3 is 0 Å². The van der Waals surface area contributed by atoms with E-state index in [2.05, 4.69) is 32.9 Å². The SMILES string of the molecule is CNCc1cc(S(=O)(=O)NC2CCCC(C)CC2)c(Br)s1. The van der Waals surface area contributed by atoms with Crippen LogP contribution in [0.4, 0.5) is 0 Å². The summed E-state index contributed by atoms with van der Waals surface area (Å²) in [6, 6.07) is 1.83. The molecule has 2 N–H and O–H groups in total. The highest BCUT2D eigenvalue weighted by atomic mass is 79.9. The van der Waals surface area contributed by atoms with E-state index in [0.717, 1.165) is 30.6 Å². The monoisotopic (exact) mass is 394 g/mol. The second-order valence-corrected chi connectivity index (χ2v) is 9.95. The van der Waals surface area contributed by atoms with Gasteiger partial charge in [0.05, 0.1) is 3.79 Å². The van der Waals surface area contributed by atoms with Crippen LogP contribution in [0.5, 0.6) is 0 Å². The molecule has 2 unspecified atom stereocenters. The molecule has 0 aliphatic heterocycles. The number of hydrogen-bond donors (Lipinski definition) is 2. The maximum absolute atomic E-state index is 12.6. The average molecular weight is 395 g/mol. The summed E-state index contributed by atoms with van der Waals surface area (Å²) in [5.41, 5.74) is 0. The average Bonchev–Trinajstić information content (AvgIpc) is 2.66. The van der Waals surface area contributed by atoms with Gasteiger partial charge in [0.2, 0.25) is 10.0 Å². The van der Waals surface area contributed by atoms with E-state index in [1.807, 2.05) is 7.05 Å². The molecular weight excluding hydrogens is 372 g/mol. The minimum atomic E-state index is -3.44. The Hall–Kier alpha value is 0.0500. The zero-order valence-corrected chi connectivity index (χ0v) is 15.7. The largest absolute Gasteiger partial charge is 0.315 e. The van der Waals surface area contributed by atoms with Gasteiger partial charge in [-0.2, -0.15) is 0 Å². The molecule has 2 atom stereocenters. The van der Waals surface area contributed by atoms with Gasteiger partial charge in [-0.1, -0.05) is 19.8 Å². The minimum Gasteiger partial charge on any atom is -0.315 e. The molecule has 0 saturated heterocycles. The van der Waals surface area contributed by atoms with E-state index in [9.17, 15) is 8.42 Å². The summed E-state index contributed by atoms with van der Waals surface area (Å²) in [4.78, 5) is 1.38. The first-order chi connectivity index (χ1) is 9.92. The summed E-state index contributed by atoms with van der Waals surface area (Å²) >= 11 is 4.85. The Balaban J connectivity index is 2.10. The van der Waals surface area contributed by atoms with E-state index in [4.69, 9.17) is 0 Å². The molecule has 2 rings (SSSR count). The maximum atomic E-state index is 12.6. The summed E-state index contributed by atoms with van der Waals surface area (Å²) in [7, 11) is -1.58. The van der Waals surface area contributed by atoms with Crippen LogP contribution < -0.4 is 10.0 Å². The Morgan fingerprint density at radius 1 is 1.33 bits per heavy atom. The van der Waals surface area contributed by atoms with Gasteiger partial charge in [-0.15, -0.1) is 11.3 Å². The lowest BCUT2D eigenvalue weighted by Gasteiger charge is -2.16. The molecule has 4 nitrogen and oxygen atoms in total. The Bertz CT molecular complexity index is 572. The first-order valence-electron chi connectivity index (χ1n) is 7.37. The van der Waals surface area contributed by atoms with Crippen LogP contribution in [-0.4, -0.2) is 21.5 Å². The zero-order chi connectivity index (χ0) is 15.5. The normalized spacial score (nSPS) is 24.0. The molecule has 120 valence electrons. The number of sulfonamides is 1. The molecule has 1 aliphatic carbocycles. The van der Waals surface area contributed by atoms with E-state index in [1.54, 1.807) is 6.07 Å². The van der Waals surface area contributed by atoms with Gasteiger partial charge in [0.1, 0.15) is 4.90 Å². The van der Waals surface area contributed by atoms with E-state index < -0.39 is 10.0 Å². The third-order valence-corrected chi connectivity index (χ3v) is 7.70. The first kappa shape index (κ1) is 17.4. The van der Waals surface area contributed by atoms with Gasteiger partial charge in [0.15, 0.2) is 0 Å². The predicted octanol–water partition coefficient (Wildman–Crippen LogP) is 3.48. The van der Waals surface area contributed by atoms with E-state index in [-0.39, 0.29) is 6.04 Å². The highest BCUT2D eigenvalue weighted by molar-refractivity contribution is 9.11. The van der Waals surface area contributed by atoms with Crippen LogP contribution >= 0.6 is 27.3 Å². The van der Waals surface area contributed by atoms with Crippen LogP contribution in [-0.2, 0) is 16.6 Å². The van der Waals surface area contributed by atoms with Gasteiger partial charge in [-0.05, 0) is 54.2 Å². The number of hydrogen-bond acceptors (Lipinski definition) is 4. The third-order valence-electron chi connectivity index (χ3n) is 3.93. The van der Waals surface area contributed by atoms with Gasteiger partial charge < -0.3 is 5.32 Å². The number of nitrogens with one attached hydrogen (secondary N) is 2. The van der Waals surface area contributed by atoms with Crippen LogP contribution in [0.15, 0.2) is 14.7 Å². The summed E-state index contributed by atoms with van der Waals surface area (Å²) in [6.07, 6.45) is 5.28. The molecule has 0 radical (unpaired) electrons. The number of halogens is 1. The van der Waals surface area contributed by atoms with Crippen molar-refractivity contribution < 1.29 is 8.42 Å². The Kier molecular flexibility index (Phi) is 6.25. The summed E-state index contributed by atoms with van der Waals surface area (Å²) < 4.78 is 28.7. The van der Waals surface area contributed by atoms with Gasteiger partial charge in [0.25, 0.3) is 0 Å². The topological polar surface area (TPSA) is 58.2 Å². The fraction of sp³-hybridized carbons (Fsp3) is 0.714. The first-order valence-corrected chi connectivity index (χ1v) is 10.5. The van der Waals surface area contributed by atoms with Crippen molar-refractivity contribution in [3.63, 3.8) is 0 Å². The maximum Gasteiger partial charge on any atom is 0.242 e. The van der Waals surface area contributed by atoms with Gasteiger partial charge in [0, 0.05) is 17.5 Å². The minimum absolute atomic E-state index is 0.0690. The van der Waals surface area contributed by atoms with Crippen molar-refractivity contribution >= 4 is 37.3 Å². The molecule has 1 saturated carbocycles. The summed E-state index contributed by atoms with van der Waals surface area (Å²) in [5.74, 6) is 0.703. The van der Waals surface area contributed by atoms with Crippen molar-refractivity contribution in [1.82, 2.24) is 10.0 Å². The molecule has 1 aromatic heterocycles. The quantitative estimate of drug-likeness (QED) is 0.751. The van der Waals surface area contributed by atoms with Crippen molar-refractivity contribution in [2.75, 3.05) is 7.05 Å². The fourth-order valence-corrected chi connectivity index (χ4v) is 6.73. The molecule has 0 aromatic carbocycles. The predicted molar refractivity (Wildman–Crippen MR) is 91.1 cm³/mol. The van der Waals surface area contributed by atoms with Crippen LogP contribution in [0.2, 0.25) is 0 Å². The summed E-state index contributed by atoms with van der Waals surface area (Å²) in [6.45, 7) is 2.93. The molecule has 1 aromatic rings. The van der Waals surface area contributed by atoms with Crippen molar-refractivity contribution in [3.8, 4) is 0 Å². The van der Waals surface area contributed by atoms with E-state index in [0.29, 0.717) is 21.1 Å².